The topological polar surface area (TPSA) is 83.3 Å². The molecule has 6 nitrogen and oxygen atoms in total. The summed E-state index contributed by atoms with van der Waals surface area (Å²) in [4.78, 5) is 13.8. The largest absolute Gasteiger partial charge is 0.494 e. The van der Waals surface area contributed by atoms with E-state index in [1.807, 2.05) is 0 Å². The maximum Gasteiger partial charge on any atom is 0.259 e. The van der Waals surface area contributed by atoms with Crippen molar-refractivity contribution in [3.8, 4) is 5.88 Å². The third-order valence-electron chi connectivity index (χ3n) is 1.90. The van der Waals surface area contributed by atoms with Gasteiger partial charge in [0.2, 0.25) is 11.7 Å². The first kappa shape index (κ1) is 7.78. The first-order chi connectivity index (χ1) is 6.24. The molecule has 2 aromatic heterocycles. The van der Waals surface area contributed by atoms with Crippen molar-refractivity contribution < 1.29 is 5.11 Å². The minimum absolute atomic E-state index is 0.0914. The van der Waals surface area contributed by atoms with Crippen LogP contribution in [0.3, 0.4) is 0 Å². The van der Waals surface area contributed by atoms with Crippen molar-refractivity contribution in [2.75, 3.05) is 0 Å². The Labute approximate surface area is 72.9 Å². The van der Waals surface area contributed by atoms with E-state index < -0.39 is 0 Å². The number of aromatic amines is 1. The van der Waals surface area contributed by atoms with Gasteiger partial charge in [-0.05, 0) is 6.42 Å². The van der Waals surface area contributed by atoms with E-state index in [9.17, 15) is 9.90 Å². The number of rotatable bonds is 1. The van der Waals surface area contributed by atoms with Gasteiger partial charge >= 0.3 is 0 Å². The third-order valence-corrected chi connectivity index (χ3v) is 1.90. The van der Waals surface area contributed by atoms with Crippen LogP contribution in [-0.2, 0) is 6.42 Å². The standard InChI is InChI=1S/C7H8N4O2/c1-2-4-5(12)9-7-10-8-3-11(7)6(4)13/h3,13H,2H2,1H3,(H,9,10,12). The molecule has 2 aromatic rings. The minimum atomic E-state index is -0.319. The lowest BCUT2D eigenvalue weighted by Crippen LogP contribution is -2.14. The fourth-order valence-corrected chi connectivity index (χ4v) is 1.22. The molecule has 0 aliphatic heterocycles. The van der Waals surface area contributed by atoms with E-state index in [0.717, 1.165) is 0 Å². The van der Waals surface area contributed by atoms with E-state index in [1.54, 1.807) is 6.92 Å². The summed E-state index contributed by atoms with van der Waals surface area (Å²) in [5, 5.41) is 16.8. The molecule has 0 saturated heterocycles. The predicted octanol–water partition coefficient (Wildman–Crippen LogP) is -0.314. The molecule has 0 aliphatic carbocycles. The lowest BCUT2D eigenvalue weighted by atomic mass is 10.2. The predicted molar refractivity (Wildman–Crippen MR) is 44.7 cm³/mol. The molecule has 0 fully saturated rings. The molecule has 2 heterocycles. The number of nitrogens with one attached hydrogen (secondary N) is 1. The number of aromatic hydroxyl groups is 1. The van der Waals surface area contributed by atoms with E-state index in [1.165, 1.54) is 10.7 Å². The summed E-state index contributed by atoms with van der Waals surface area (Å²) in [5.74, 6) is 0.158. The normalized spacial score (nSPS) is 10.8. The van der Waals surface area contributed by atoms with Gasteiger partial charge in [0.1, 0.15) is 6.33 Å². The molecule has 0 atom stereocenters. The summed E-state index contributed by atoms with van der Waals surface area (Å²) < 4.78 is 1.33. The Morgan fingerprint density at radius 2 is 2.46 bits per heavy atom. The van der Waals surface area contributed by atoms with Crippen LogP contribution in [0.15, 0.2) is 11.1 Å². The molecule has 0 aromatic carbocycles. The molecule has 2 N–H and O–H groups in total. The van der Waals surface area contributed by atoms with E-state index >= 15 is 0 Å². The Morgan fingerprint density at radius 3 is 3.15 bits per heavy atom. The van der Waals surface area contributed by atoms with Crippen LogP contribution >= 0.6 is 0 Å². The molecule has 0 saturated carbocycles. The van der Waals surface area contributed by atoms with Gasteiger partial charge in [-0.1, -0.05) is 6.92 Å². The number of H-pyrrole nitrogens is 1. The molecule has 13 heavy (non-hydrogen) atoms. The van der Waals surface area contributed by atoms with E-state index in [2.05, 4.69) is 15.2 Å². The molecule has 2 rings (SSSR count). The van der Waals surface area contributed by atoms with Crippen molar-refractivity contribution in [1.82, 2.24) is 19.6 Å². The van der Waals surface area contributed by atoms with Crippen molar-refractivity contribution in [2.24, 2.45) is 0 Å². The molecular formula is C7H8N4O2. The zero-order valence-electron chi connectivity index (χ0n) is 6.98. The summed E-state index contributed by atoms with van der Waals surface area (Å²) in [6.07, 6.45) is 1.81. The second-order valence-electron chi connectivity index (χ2n) is 2.63. The molecule has 0 bridgehead atoms. The highest BCUT2D eigenvalue weighted by Gasteiger charge is 2.09. The number of hydrogen-bond acceptors (Lipinski definition) is 4. The molecule has 0 spiro atoms. The molecule has 0 aliphatic rings. The van der Waals surface area contributed by atoms with Gasteiger partial charge in [-0.3, -0.25) is 9.78 Å². The fourth-order valence-electron chi connectivity index (χ4n) is 1.22. The minimum Gasteiger partial charge on any atom is -0.494 e. The monoisotopic (exact) mass is 180 g/mol. The number of hydrogen-bond donors (Lipinski definition) is 2. The van der Waals surface area contributed by atoms with Gasteiger partial charge in [-0.15, -0.1) is 10.2 Å². The Balaban J connectivity index is 2.93. The van der Waals surface area contributed by atoms with E-state index in [4.69, 9.17) is 0 Å². The number of fused-ring (bicyclic) bond motifs is 1. The number of aromatic nitrogens is 4. The Morgan fingerprint density at radius 1 is 1.69 bits per heavy atom. The number of nitrogens with zero attached hydrogens (tertiary/aromatic N) is 3. The third kappa shape index (κ3) is 0.986. The van der Waals surface area contributed by atoms with Gasteiger partial charge in [-0.25, -0.2) is 4.40 Å². The van der Waals surface area contributed by atoms with Crippen LogP contribution in [0.2, 0.25) is 0 Å². The summed E-state index contributed by atoms with van der Waals surface area (Å²) in [7, 11) is 0. The highest BCUT2D eigenvalue weighted by molar-refractivity contribution is 5.35. The van der Waals surface area contributed by atoms with Gasteiger partial charge in [-0.2, -0.15) is 0 Å². The van der Waals surface area contributed by atoms with Crippen molar-refractivity contribution in [2.45, 2.75) is 13.3 Å². The Hall–Kier alpha value is -1.85. The van der Waals surface area contributed by atoms with E-state index in [-0.39, 0.29) is 17.2 Å². The van der Waals surface area contributed by atoms with Gasteiger partial charge in [0.15, 0.2) is 0 Å². The summed E-state index contributed by atoms with van der Waals surface area (Å²) >= 11 is 0. The maximum atomic E-state index is 11.3. The average molecular weight is 180 g/mol. The quantitative estimate of drug-likeness (QED) is 0.630. The average Bonchev–Trinajstić information content (AvgIpc) is 2.53. The molecular weight excluding hydrogens is 172 g/mol. The van der Waals surface area contributed by atoms with Crippen LogP contribution in [0.25, 0.3) is 5.78 Å². The van der Waals surface area contributed by atoms with E-state index in [0.29, 0.717) is 12.0 Å². The SMILES string of the molecule is CCc1c(O)n2cnnc2[nH]c1=O. The lowest BCUT2D eigenvalue weighted by molar-refractivity contribution is 0.436. The van der Waals surface area contributed by atoms with Crippen LogP contribution in [-0.4, -0.2) is 24.7 Å². The van der Waals surface area contributed by atoms with Crippen LogP contribution in [0.4, 0.5) is 0 Å². The fraction of sp³-hybridized carbons (Fsp3) is 0.286. The smallest absolute Gasteiger partial charge is 0.259 e. The molecule has 0 unspecified atom stereocenters. The van der Waals surface area contributed by atoms with Crippen molar-refractivity contribution in [3.63, 3.8) is 0 Å². The van der Waals surface area contributed by atoms with Gasteiger partial charge in [0.05, 0.1) is 5.56 Å². The Kier molecular flexibility index (Phi) is 1.54. The van der Waals surface area contributed by atoms with Crippen LogP contribution in [0.1, 0.15) is 12.5 Å². The van der Waals surface area contributed by atoms with Gasteiger partial charge < -0.3 is 5.11 Å². The van der Waals surface area contributed by atoms with Crippen molar-refractivity contribution in [3.05, 3.63) is 22.2 Å². The summed E-state index contributed by atoms with van der Waals surface area (Å²) in [6.45, 7) is 1.79. The zero-order valence-corrected chi connectivity index (χ0v) is 6.98. The van der Waals surface area contributed by atoms with Crippen molar-refractivity contribution >= 4 is 5.78 Å². The second-order valence-corrected chi connectivity index (χ2v) is 2.63. The first-order valence-corrected chi connectivity index (χ1v) is 3.88. The maximum absolute atomic E-state index is 11.3. The lowest BCUT2D eigenvalue weighted by Gasteiger charge is -2.01. The van der Waals surface area contributed by atoms with Crippen LogP contribution in [0, 0.1) is 0 Å². The van der Waals surface area contributed by atoms with Gasteiger partial charge in [0.25, 0.3) is 5.56 Å². The molecule has 68 valence electrons. The zero-order chi connectivity index (χ0) is 9.42. The molecule has 0 amide bonds. The molecule has 0 radical (unpaired) electrons. The summed E-state index contributed by atoms with van der Waals surface area (Å²) in [5.41, 5.74) is 0.0211. The first-order valence-electron chi connectivity index (χ1n) is 3.88. The summed E-state index contributed by atoms with van der Waals surface area (Å²) in [6, 6.07) is 0. The van der Waals surface area contributed by atoms with Crippen molar-refractivity contribution in [1.29, 1.82) is 0 Å². The highest BCUT2D eigenvalue weighted by Crippen LogP contribution is 2.12. The Bertz CT molecular complexity index is 499. The highest BCUT2D eigenvalue weighted by atomic mass is 16.3. The second kappa shape index (κ2) is 2.58. The van der Waals surface area contributed by atoms with Crippen LogP contribution < -0.4 is 5.56 Å². The van der Waals surface area contributed by atoms with Gasteiger partial charge in [0, 0.05) is 0 Å². The molecule has 6 heteroatoms. The van der Waals surface area contributed by atoms with Crippen LogP contribution in [0.5, 0.6) is 5.88 Å².